The van der Waals surface area contributed by atoms with Crippen LogP contribution in [0.2, 0.25) is 0 Å². The number of fused-ring (bicyclic) bond motifs is 5. The summed E-state index contributed by atoms with van der Waals surface area (Å²) in [6.45, 7) is 5.29. The van der Waals surface area contributed by atoms with Gasteiger partial charge in [-0.3, -0.25) is 19.6 Å². The molecule has 2 atom stereocenters. The van der Waals surface area contributed by atoms with Crippen molar-refractivity contribution < 1.29 is 23.8 Å². The first-order valence-corrected chi connectivity index (χ1v) is 17.2. The molecule has 0 saturated carbocycles. The van der Waals surface area contributed by atoms with Crippen molar-refractivity contribution >= 4 is 46.9 Å². The number of benzene rings is 4. The minimum absolute atomic E-state index is 0.0696. The number of hydrogen-bond donors (Lipinski definition) is 1. The molecule has 0 spiro atoms. The molecule has 4 aliphatic heterocycles. The van der Waals surface area contributed by atoms with Gasteiger partial charge in [-0.15, -0.1) is 0 Å². The number of nitrogens with zero attached hydrogens (tertiary/aromatic N) is 4. The Morgan fingerprint density at radius 2 is 1.47 bits per heavy atom. The van der Waals surface area contributed by atoms with Gasteiger partial charge in [0.05, 0.1) is 54.9 Å². The van der Waals surface area contributed by atoms with Gasteiger partial charge in [0.1, 0.15) is 5.75 Å². The molecule has 8 rings (SSSR count). The lowest BCUT2D eigenvalue weighted by molar-refractivity contribution is 0.0702. The van der Waals surface area contributed by atoms with Crippen LogP contribution in [0.15, 0.2) is 82.9 Å². The highest BCUT2D eigenvalue weighted by Crippen LogP contribution is 2.40. The largest absolute Gasteiger partial charge is 0.493 e. The lowest BCUT2D eigenvalue weighted by Gasteiger charge is -2.34. The normalized spacial score (nSPS) is 18.5. The van der Waals surface area contributed by atoms with Crippen molar-refractivity contribution in [2.45, 2.75) is 51.7 Å². The smallest absolute Gasteiger partial charge is 0.260 e. The van der Waals surface area contributed by atoms with Gasteiger partial charge in [0.25, 0.3) is 11.8 Å². The van der Waals surface area contributed by atoms with Crippen LogP contribution >= 0.6 is 0 Å². The fourth-order valence-electron chi connectivity index (χ4n) is 7.22. The van der Waals surface area contributed by atoms with Gasteiger partial charge in [-0.2, -0.15) is 0 Å². The predicted molar refractivity (Wildman–Crippen MR) is 198 cm³/mol. The van der Waals surface area contributed by atoms with E-state index in [1.165, 1.54) is 16.7 Å². The molecule has 0 saturated heterocycles. The summed E-state index contributed by atoms with van der Waals surface area (Å²) in [5, 5.41) is 0. The topological polar surface area (TPSA) is 119 Å². The Morgan fingerprint density at radius 3 is 2.24 bits per heavy atom. The lowest BCUT2D eigenvalue weighted by atomic mass is 9.93. The first-order chi connectivity index (χ1) is 24.7. The number of aliphatic imine (C=N–C) groups is 2. The fraction of sp³-hybridized carbons (Fsp3) is 0.268. The van der Waals surface area contributed by atoms with Crippen molar-refractivity contribution in [1.82, 2.24) is 9.80 Å². The van der Waals surface area contributed by atoms with Crippen molar-refractivity contribution in [3.05, 3.63) is 112 Å². The molecule has 10 heteroatoms. The number of rotatable bonds is 8. The van der Waals surface area contributed by atoms with Gasteiger partial charge in [-0.05, 0) is 72.4 Å². The second-order valence-electron chi connectivity index (χ2n) is 13.5. The summed E-state index contributed by atoms with van der Waals surface area (Å²) in [7, 11) is 1.57. The van der Waals surface area contributed by atoms with Gasteiger partial charge >= 0.3 is 0 Å². The van der Waals surface area contributed by atoms with E-state index >= 15 is 0 Å². The third-order valence-corrected chi connectivity index (χ3v) is 10.0. The third kappa shape index (κ3) is 6.11. The molecule has 51 heavy (non-hydrogen) atoms. The van der Waals surface area contributed by atoms with Crippen LogP contribution in [0.25, 0.3) is 5.57 Å². The maximum absolute atomic E-state index is 13.8. The number of nitrogen functional groups attached to an aromatic ring is 1. The molecule has 0 bridgehead atoms. The average Bonchev–Trinajstić information content (AvgIpc) is 3.46. The van der Waals surface area contributed by atoms with Crippen LogP contribution in [0, 0.1) is 13.8 Å². The van der Waals surface area contributed by atoms with Gasteiger partial charge in [-0.1, -0.05) is 35.9 Å². The molecule has 2 amide bonds. The third-order valence-electron chi connectivity index (χ3n) is 10.0. The number of carbonyl (C=O) groups is 2. The van der Waals surface area contributed by atoms with Gasteiger partial charge in [0.15, 0.2) is 11.5 Å². The molecule has 0 radical (unpaired) electrons. The number of ether oxygens (including phenoxy) is 3. The van der Waals surface area contributed by atoms with Gasteiger partial charge in [0, 0.05) is 55.8 Å². The molecule has 0 aliphatic carbocycles. The van der Waals surface area contributed by atoms with Crippen LogP contribution < -0.4 is 19.9 Å². The summed E-state index contributed by atoms with van der Waals surface area (Å²) in [5.74, 6) is 1.51. The Bertz CT molecular complexity index is 2150. The molecule has 2 N–H and O–H groups in total. The molecule has 4 aromatic carbocycles. The molecule has 258 valence electrons. The first kappa shape index (κ1) is 32.3. The van der Waals surface area contributed by atoms with E-state index in [2.05, 4.69) is 25.1 Å². The van der Waals surface area contributed by atoms with Crippen LogP contribution in [-0.2, 0) is 13.0 Å². The zero-order valence-electron chi connectivity index (χ0n) is 28.9. The number of carbonyl (C=O) groups excluding carboxylic acids is 2. The summed E-state index contributed by atoms with van der Waals surface area (Å²) in [6, 6.07) is 21.1. The molecule has 4 heterocycles. The predicted octanol–water partition coefficient (Wildman–Crippen LogP) is 7.00. The highest BCUT2D eigenvalue weighted by molar-refractivity contribution is 6.05. The second kappa shape index (κ2) is 13.1. The molecular formula is C41H39N5O5. The number of anilines is 1. The number of nitrogens with two attached hydrogens (primary N) is 1. The standard InChI is InChI=1S/C41H39N5O5/c1-24-5-6-27-15-31-20-44-36-19-39(38(49-3)17-34(36)41(48)45(31)22-28(27)13-24)51-12-4-11-50-37-18-35-33(14-25(37)2)40(47)46-23-29(16-32(46)21-43-35)26-7-9-30(42)10-8-26/h5-10,13-14,17-21,23,31-32H,4,11-12,15-16,22,42H2,1-3H3. The van der Waals surface area contributed by atoms with E-state index in [9.17, 15) is 9.59 Å². The molecule has 10 nitrogen and oxygen atoms in total. The zero-order valence-corrected chi connectivity index (χ0v) is 28.9. The second-order valence-corrected chi connectivity index (χ2v) is 13.5. The quantitative estimate of drug-likeness (QED) is 0.158. The van der Waals surface area contributed by atoms with Crippen molar-refractivity contribution in [2.75, 3.05) is 26.1 Å². The summed E-state index contributed by atoms with van der Waals surface area (Å²) in [6.07, 6.45) is 7.63. The Labute approximate surface area is 296 Å². The number of hydrogen-bond acceptors (Lipinski definition) is 8. The van der Waals surface area contributed by atoms with E-state index in [0.717, 1.165) is 23.1 Å². The van der Waals surface area contributed by atoms with Crippen LogP contribution in [0.3, 0.4) is 0 Å². The molecular weight excluding hydrogens is 642 g/mol. The van der Waals surface area contributed by atoms with Crippen LogP contribution in [0.5, 0.6) is 17.2 Å². The van der Waals surface area contributed by atoms with E-state index in [4.69, 9.17) is 29.9 Å². The molecule has 4 aromatic rings. The minimum Gasteiger partial charge on any atom is -0.493 e. The number of methoxy groups -OCH3 is 1. The van der Waals surface area contributed by atoms with E-state index < -0.39 is 0 Å². The Balaban J connectivity index is 0.909. The zero-order chi connectivity index (χ0) is 35.2. The highest BCUT2D eigenvalue weighted by Gasteiger charge is 2.34. The van der Waals surface area contributed by atoms with Gasteiger partial charge in [0.2, 0.25) is 0 Å². The van der Waals surface area contributed by atoms with Crippen LogP contribution in [0.4, 0.5) is 17.1 Å². The fourth-order valence-corrected chi connectivity index (χ4v) is 7.22. The Morgan fingerprint density at radius 1 is 0.765 bits per heavy atom. The Hall–Kier alpha value is -5.90. The number of amides is 2. The number of aryl methyl sites for hydroxylation is 2. The maximum atomic E-state index is 13.8. The van der Waals surface area contributed by atoms with E-state index in [1.807, 2.05) is 66.9 Å². The molecule has 2 unspecified atom stereocenters. The van der Waals surface area contributed by atoms with Crippen LogP contribution in [-0.4, -0.2) is 66.5 Å². The molecule has 0 aromatic heterocycles. The van der Waals surface area contributed by atoms with E-state index in [0.29, 0.717) is 78.0 Å². The van der Waals surface area contributed by atoms with Gasteiger partial charge in [-0.25, -0.2) is 0 Å². The van der Waals surface area contributed by atoms with Crippen molar-refractivity contribution in [3.63, 3.8) is 0 Å². The average molecular weight is 682 g/mol. The maximum Gasteiger partial charge on any atom is 0.260 e. The monoisotopic (exact) mass is 681 g/mol. The molecule has 4 aliphatic rings. The minimum atomic E-state index is -0.156. The summed E-state index contributed by atoms with van der Waals surface area (Å²) < 4.78 is 17.9. The van der Waals surface area contributed by atoms with Gasteiger partial charge < -0.3 is 29.7 Å². The van der Waals surface area contributed by atoms with Crippen molar-refractivity contribution in [3.8, 4) is 17.2 Å². The SMILES string of the molecule is COc1cc2c(cc1OCCCOc1cc3c(cc1C)C(=O)N1C=C(c4ccc(N)cc4)CC1C=N3)N=CC1Cc3ccc(C)cc3CN1C2=O. The summed E-state index contributed by atoms with van der Waals surface area (Å²) in [4.78, 5) is 40.5. The summed E-state index contributed by atoms with van der Waals surface area (Å²) in [5.41, 5.74) is 15.3. The van der Waals surface area contributed by atoms with E-state index in [-0.39, 0.29) is 23.9 Å². The van der Waals surface area contributed by atoms with Crippen molar-refractivity contribution in [2.24, 2.45) is 9.98 Å². The summed E-state index contributed by atoms with van der Waals surface area (Å²) >= 11 is 0. The highest BCUT2D eigenvalue weighted by atomic mass is 16.5. The van der Waals surface area contributed by atoms with Crippen LogP contribution in [0.1, 0.15) is 61.4 Å². The Kier molecular flexibility index (Phi) is 8.30. The molecule has 0 fully saturated rings. The van der Waals surface area contributed by atoms with Crippen molar-refractivity contribution in [1.29, 1.82) is 0 Å². The van der Waals surface area contributed by atoms with E-state index in [1.54, 1.807) is 24.1 Å². The first-order valence-electron chi connectivity index (χ1n) is 17.2. The lowest BCUT2D eigenvalue weighted by Crippen LogP contribution is -2.44.